The number of rotatable bonds is 6. The van der Waals surface area contributed by atoms with Crippen LogP contribution >= 0.6 is 22.9 Å². The molecule has 1 aliphatic rings. The molecule has 1 fully saturated rings. The molecule has 16 heavy (non-hydrogen) atoms. The Labute approximate surface area is 106 Å². The second kappa shape index (κ2) is 5.50. The molecule has 1 heterocycles. The Morgan fingerprint density at radius 3 is 2.81 bits per heavy atom. The zero-order chi connectivity index (χ0) is 11.5. The van der Waals surface area contributed by atoms with Crippen molar-refractivity contribution < 1.29 is 0 Å². The second-order valence-corrected chi connectivity index (χ2v) is 5.83. The fourth-order valence-corrected chi connectivity index (χ4v) is 3.29. The van der Waals surface area contributed by atoms with Gasteiger partial charge in [0.05, 0.1) is 11.1 Å². The topological polar surface area (TPSA) is 29.3 Å². The molecule has 1 saturated carbocycles. The fourth-order valence-electron chi connectivity index (χ4n) is 2.06. The van der Waals surface area contributed by atoms with E-state index in [1.165, 1.54) is 24.3 Å². The maximum atomic E-state index is 5.98. The highest BCUT2D eigenvalue weighted by atomic mass is 35.5. The molecule has 2 N–H and O–H groups in total. The van der Waals surface area contributed by atoms with E-state index in [-0.39, 0.29) is 0 Å². The van der Waals surface area contributed by atoms with Crippen LogP contribution in [0.2, 0.25) is 5.02 Å². The van der Waals surface area contributed by atoms with Crippen LogP contribution in [0.15, 0.2) is 11.4 Å². The summed E-state index contributed by atoms with van der Waals surface area (Å²) in [5, 5.41) is 2.82. The molecular weight excluding hydrogens is 240 g/mol. The smallest absolute Gasteiger partial charge is 0.0564 e. The quantitative estimate of drug-likeness (QED) is 0.850. The SMILES string of the molecule is CCN(CC1CC1)C(CN)c1cc(Cl)cs1. The summed E-state index contributed by atoms with van der Waals surface area (Å²) in [6, 6.07) is 2.40. The van der Waals surface area contributed by atoms with Crippen molar-refractivity contribution in [3.05, 3.63) is 21.3 Å². The van der Waals surface area contributed by atoms with E-state index in [2.05, 4.69) is 17.9 Å². The largest absolute Gasteiger partial charge is 0.329 e. The summed E-state index contributed by atoms with van der Waals surface area (Å²) in [5.41, 5.74) is 5.91. The molecule has 0 radical (unpaired) electrons. The first kappa shape index (κ1) is 12.4. The molecule has 0 amide bonds. The number of nitrogens with zero attached hydrogens (tertiary/aromatic N) is 1. The summed E-state index contributed by atoms with van der Waals surface area (Å²) in [6.07, 6.45) is 2.78. The summed E-state index contributed by atoms with van der Waals surface area (Å²) in [6.45, 7) is 5.14. The summed E-state index contributed by atoms with van der Waals surface area (Å²) in [7, 11) is 0. The van der Waals surface area contributed by atoms with Crippen LogP contribution in [0.25, 0.3) is 0 Å². The molecule has 0 spiro atoms. The monoisotopic (exact) mass is 258 g/mol. The van der Waals surface area contributed by atoms with Crippen molar-refractivity contribution in [1.82, 2.24) is 4.90 Å². The zero-order valence-electron chi connectivity index (χ0n) is 9.66. The number of halogens is 1. The predicted octanol–water partition coefficient (Wildman–Crippen LogP) is 3.13. The van der Waals surface area contributed by atoms with Gasteiger partial charge in [-0.1, -0.05) is 18.5 Å². The molecule has 1 aromatic heterocycles. The standard InChI is InChI=1S/C12H19ClN2S/c1-2-15(7-9-3-4-9)11(6-14)12-5-10(13)8-16-12/h5,8-9,11H,2-4,6-7,14H2,1H3. The third-order valence-electron chi connectivity index (χ3n) is 3.18. The lowest BCUT2D eigenvalue weighted by Crippen LogP contribution is -2.34. The van der Waals surface area contributed by atoms with Crippen LogP contribution in [0.5, 0.6) is 0 Å². The predicted molar refractivity (Wildman–Crippen MR) is 71.1 cm³/mol. The summed E-state index contributed by atoms with van der Waals surface area (Å²) >= 11 is 7.70. The van der Waals surface area contributed by atoms with Crippen LogP contribution in [0.4, 0.5) is 0 Å². The van der Waals surface area contributed by atoms with Crippen molar-refractivity contribution in [2.24, 2.45) is 11.7 Å². The highest BCUT2D eigenvalue weighted by Crippen LogP contribution is 2.34. The highest BCUT2D eigenvalue weighted by molar-refractivity contribution is 7.10. The highest BCUT2D eigenvalue weighted by Gasteiger charge is 2.28. The van der Waals surface area contributed by atoms with Gasteiger partial charge >= 0.3 is 0 Å². The maximum Gasteiger partial charge on any atom is 0.0564 e. The van der Waals surface area contributed by atoms with Crippen LogP contribution in [0, 0.1) is 5.92 Å². The molecule has 0 aromatic carbocycles. The van der Waals surface area contributed by atoms with Gasteiger partial charge < -0.3 is 5.73 Å². The molecule has 2 rings (SSSR count). The molecule has 2 nitrogen and oxygen atoms in total. The van der Waals surface area contributed by atoms with E-state index in [1.54, 1.807) is 11.3 Å². The van der Waals surface area contributed by atoms with Gasteiger partial charge in [-0.15, -0.1) is 11.3 Å². The van der Waals surface area contributed by atoms with E-state index in [4.69, 9.17) is 17.3 Å². The molecule has 4 heteroatoms. The van der Waals surface area contributed by atoms with E-state index in [9.17, 15) is 0 Å². The first-order valence-corrected chi connectivity index (χ1v) is 7.18. The van der Waals surface area contributed by atoms with Crippen molar-refractivity contribution in [3.8, 4) is 0 Å². The minimum atomic E-state index is 0.350. The molecule has 90 valence electrons. The van der Waals surface area contributed by atoms with Gasteiger partial charge in [-0.05, 0) is 31.4 Å². The Balaban J connectivity index is 2.06. The molecule has 1 aliphatic carbocycles. The van der Waals surface area contributed by atoms with Crippen molar-refractivity contribution in [3.63, 3.8) is 0 Å². The Morgan fingerprint density at radius 1 is 1.62 bits per heavy atom. The minimum Gasteiger partial charge on any atom is -0.329 e. The van der Waals surface area contributed by atoms with Crippen molar-refractivity contribution in [2.75, 3.05) is 19.6 Å². The van der Waals surface area contributed by atoms with Crippen LogP contribution in [-0.4, -0.2) is 24.5 Å². The van der Waals surface area contributed by atoms with Crippen LogP contribution in [0.1, 0.15) is 30.7 Å². The third-order valence-corrected chi connectivity index (χ3v) is 4.56. The number of nitrogens with two attached hydrogens (primary N) is 1. The number of hydrogen-bond acceptors (Lipinski definition) is 3. The lowest BCUT2D eigenvalue weighted by atomic mass is 10.2. The second-order valence-electron chi connectivity index (χ2n) is 4.45. The minimum absolute atomic E-state index is 0.350. The number of likely N-dealkylation sites (N-methyl/N-ethyl adjacent to an activating group) is 1. The maximum absolute atomic E-state index is 5.98. The normalized spacial score (nSPS) is 18.0. The summed E-state index contributed by atoms with van der Waals surface area (Å²) < 4.78 is 0. The average Bonchev–Trinajstić information content (AvgIpc) is 3.00. The molecular formula is C12H19ClN2S. The van der Waals surface area contributed by atoms with Crippen molar-refractivity contribution >= 4 is 22.9 Å². The number of thiophene rings is 1. The van der Waals surface area contributed by atoms with Gasteiger partial charge in [-0.2, -0.15) is 0 Å². The Bertz CT molecular complexity index is 336. The Hall–Kier alpha value is -0.0900. The first-order chi connectivity index (χ1) is 7.74. The van der Waals surface area contributed by atoms with E-state index in [0.29, 0.717) is 12.6 Å². The van der Waals surface area contributed by atoms with Gasteiger partial charge in [0.1, 0.15) is 0 Å². The molecule has 1 aromatic rings. The fraction of sp³-hybridized carbons (Fsp3) is 0.667. The van der Waals surface area contributed by atoms with Crippen LogP contribution < -0.4 is 5.73 Å². The van der Waals surface area contributed by atoms with Crippen LogP contribution in [-0.2, 0) is 0 Å². The third kappa shape index (κ3) is 2.98. The number of hydrogen-bond donors (Lipinski definition) is 1. The van der Waals surface area contributed by atoms with Gasteiger partial charge in [0.25, 0.3) is 0 Å². The van der Waals surface area contributed by atoms with Gasteiger partial charge in [0.15, 0.2) is 0 Å². The Kier molecular flexibility index (Phi) is 4.25. The molecule has 1 unspecified atom stereocenters. The van der Waals surface area contributed by atoms with E-state index >= 15 is 0 Å². The van der Waals surface area contributed by atoms with Gasteiger partial charge in [-0.25, -0.2) is 0 Å². The summed E-state index contributed by atoms with van der Waals surface area (Å²) in [4.78, 5) is 3.79. The molecule has 0 bridgehead atoms. The average molecular weight is 259 g/mol. The lowest BCUT2D eigenvalue weighted by Gasteiger charge is -2.29. The van der Waals surface area contributed by atoms with Gasteiger partial charge in [-0.3, -0.25) is 4.90 Å². The van der Waals surface area contributed by atoms with E-state index in [0.717, 1.165) is 17.5 Å². The van der Waals surface area contributed by atoms with Crippen molar-refractivity contribution in [1.29, 1.82) is 0 Å². The zero-order valence-corrected chi connectivity index (χ0v) is 11.2. The summed E-state index contributed by atoms with van der Waals surface area (Å²) in [5.74, 6) is 0.907. The molecule has 0 saturated heterocycles. The molecule has 1 atom stereocenters. The van der Waals surface area contributed by atoms with Gasteiger partial charge in [0.2, 0.25) is 0 Å². The van der Waals surface area contributed by atoms with Gasteiger partial charge in [0, 0.05) is 23.3 Å². The Morgan fingerprint density at radius 2 is 2.38 bits per heavy atom. The van der Waals surface area contributed by atoms with Crippen molar-refractivity contribution in [2.45, 2.75) is 25.8 Å². The van der Waals surface area contributed by atoms with E-state index in [1.807, 2.05) is 5.38 Å². The first-order valence-electron chi connectivity index (χ1n) is 5.92. The van der Waals surface area contributed by atoms with Crippen LogP contribution in [0.3, 0.4) is 0 Å². The molecule has 0 aliphatic heterocycles. The lowest BCUT2D eigenvalue weighted by molar-refractivity contribution is 0.206. The van der Waals surface area contributed by atoms with E-state index < -0.39 is 0 Å².